The average molecular weight is 458 g/mol. The summed E-state index contributed by atoms with van der Waals surface area (Å²) in [5.41, 5.74) is -0.160. The van der Waals surface area contributed by atoms with E-state index in [-0.39, 0.29) is 53.9 Å². The summed E-state index contributed by atoms with van der Waals surface area (Å²) in [6.45, 7) is 9.63. The van der Waals surface area contributed by atoms with E-state index in [4.69, 9.17) is 0 Å². The van der Waals surface area contributed by atoms with Gasteiger partial charge in [0.15, 0.2) is 0 Å². The predicted molar refractivity (Wildman–Crippen MR) is 121 cm³/mol. The lowest BCUT2D eigenvalue weighted by Crippen LogP contribution is -2.54. The number of fused-ring (bicyclic) bond motifs is 2. The Bertz CT molecular complexity index is 699. The maximum Gasteiger partial charge on any atom is 0.232 e. The summed E-state index contributed by atoms with van der Waals surface area (Å²) in [5.74, 6) is 1.01. The molecule has 30 heavy (non-hydrogen) atoms. The maximum atomic E-state index is 12.8. The molecule has 2 saturated heterocycles. The number of anilines is 1. The van der Waals surface area contributed by atoms with E-state index in [1.807, 2.05) is 6.07 Å². The van der Waals surface area contributed by atoms with Crippen molar-refractivity contribution in [2.75, 3.05) is 44.2 Å². The zero-order chi connectivity index (χ0) is 19.7. The molecular formula is C21H33Cl2N5O2. The third-order valence-electron chi connectivity index (χ3n) is 6.98. The van der Waals surface area contributed by atoms with Gasteiger partial charge in [-0.05, 0) is 43.7 Å². The van der Waals surface area contributed by atoms with Crippen molar-refractivity contribution in [2.45, 2.75) is 39.5 Å². The molecule has 9 heteroatoms. The van der Waals surface area contributed by atoms with Gasteiger partial charge in [0.25, 0.3) is 0 Å². The van der Waals surface area contributed by atoms with E-state index >= 15 is 0 Å². The summed E-state index contributed by atoms with van der Waals surface area (Å²) in [4.78, 5) is 40.4. The first-order valence-electron chi connectivity index (χ1n) is 10.6. The normalized spacial score (nSPS) is 25.7. The molecule has 2 bridgehead atoms. The first-order valence-corrected chi connectivity index (χ1v) is 10.6. The van der Waals surface area contributed by atoms with E-state index in [1.165, 1.54) is 0 Å². The zero-order valence-corrected chi connectivity index (χ0v) is 19.5. The lowest BCUT2D eigenvalue weighted by molar-refractivity contribution is -0.160. The fourth-order valence-electron chi connectivity index (χ4n) is 5.14. The molecule has 0 radical (unpaired) electrons. The van der Waals surface area contributed by atoms with Gasteiger partial charge in [0.1, 0.15) is 0 Å². The monoisotopic (exact) mass is 457 g/mol. The number of carbonyl (C=O) groups is 2. The molecule has 3 heterocycles. The van der Waals surface area contributed by atoms with Gasteiger partial charge < -0.3 is 4.90 Å². The minimum absolute atomic E-state index is 0. The highest BCUT2D eigenvalue weighted by molar-refractivity contribution is 6.01. The summed E-state index contributed by atoms with van der Waals surface area (Å²) >= 11 is 0. The number of halogens is 2. The summed E-state index contributed by atoms with van der Waals surface area (Å²) in [5, 5.41) is 0. The second-order valence-electron chi connectivity index (χ2n) is 8.92. The van der Waals surface area contributed by atoms with Gasteiger partial charge in [0.2, 0.25) is 17.8 Å². The van der Waals surface area contributed by atoms with Crippen molar-refractivity contribution < 1.29 is 9.59 Å². The number of unbranched alkanes of at least 4 members (excludes halogenated alkanes) is 1. The van der Waals surface area contributed by atoms with Crippen molar-refractivity contribution in [3.05, 3.63) is 18.5 Å². The Morgan fingerprint density at radius 2 is 1.43 bits per heavy atom. The number of hydrogen-bond acceptors (Lipinski definition) is 6. The number of likely N-dealkylation sites (tertiary alicyclic amines) is 1. The van der Waals surface area contributed by atoms with Crippen molar-refractivity contribution >= 4 is 42.6 Å². The molecule has 2 unspecified atom stereocenters. The molecule has 2 aliphatic heterocycles. The first-order chi connectivity index (χ1) is 13.5. The topological polar surface area (TPSA) is 69.6 Å². The molecule has 3 aliphatic rings. The second kappa shape index (κ2) is 10.2. The average Bonchev–Trinajstić information content (AvgIpc) is 2.95. The quantitative estimate of drug-likeness (QED) is 0.482. The number of hydrogen-bond donors (Lipinski definition) is 0. The highest BCUT2D eigenvalue weighted by Gasteiger charge is 2.56. The molecule has 1 aromatic heterocycles. The number of piperazine rings is 1. The summed E-state index contributed by atoms with van der Waals surface area (Å²) in [6, 6.07) is 1.84. The number of imide groups is 1. The lowest BCUT2D eigenvalue weighted by atomic mass is 9.71. The van der Waals surface area contributed by atoms with E-state index < -0.39 is 0 Å². The van der Waals surface area contributed by atoms with E-state index in [1.54, 1.807) is 17.3 Å². The number of carbonyl (C=O) groups excluding carboxylic acids is 2. The summed E-state index contributed by atoms with van der Waals surface area (Å²) in [6.07, 6.45) is 7.20. The smallest absolute Gasteiger partial charge is 0.232 e. The van der Waals surface area contributed by atoms with Crippen LogP contribution in [-0.4, -0.2) is 70.9 Å². The molecule has 3 fully saturated rings. The van der Waals surface area contributed by atoms with Crippen LogP contribution in [0, 0.1) is 17.3 Å². The van der Waals surface area contributed by atoms with Gasteiger partial charge >= 0.3 is 0 Å². The third-order valence-corrected chi connectivity index (χ3v) is 6.98. The molecule has 2 amide bonds. The number of rotatable bonds is 6. The minimum Gasteiger partial charge on any atom is -0.338 e. The van der Waals surface area contributed by atoms with Crippen LogP contribution in [0.15, 0.2) is 18.5 Å². The van der Waals surface area contributed by atoms with Crippen LogP contribution >= 0.6 is 24.8 Å². The molecule has 0 aromatic carbocycles. The van der Waals surface area contributed by atoms with Crippen LogP contribution in [0.2, 0.25) is 0 Å². The Labute approximate surface area is 191 Å². The van der Waals surface area contributed by atoms with Gasteiger partial charge in [-0.1, -0.05) is 13.8 Å². The van der Waals surface area contributed by atoms with E-state index in [9.17, 15) is 9.59 Å². The standard InChI is InChI=1S/C21H31N5O2.2ClH/c1-21(2)16-6-7-17(21)19(28)26(18(16)27)11-4-3-10-24-12-14-25(15-13-24)20-22-8-5-9-23-20;;/h5,8-9,16-17H,3-4,6-7,10-15H2,1-2H3;2*1H. The van der Waals surface area contributed by atoms with Crippen LogP contribution in [0.25, 0.3) is 0 Å². The minimum atomic E-state index is -0.160. The Balaban J connectivity index is 0.00000160. The van der Waals surface area contributed by atoms with Gasteiger partial charge in [-0.2, -0.15) is 0 Å². The second-order valence-corrected chi connectivity index (χ2v) is 8.92. The molecule has 0 N–H and O–H groups in total. The maximum absolute atomic E-state index is 12.8. The SMILES string of the molecule is CC1(C)C2CCC1C(=O)N(CCCCN1CCN(c3ncccn3)CC1)C2=O.Cl.Cl. The molecule has 1 aromatic rings. The Morgan fingerprint density at radius 1 is 0.900 bits per heavy atom. The first kappa shape index (κ1) is 24.8. The van der Waals surface area contributed by atoms with Gasteiger partial charge in [0.05, 0.1) is 0 Å². The van der Waals surface area contributed by atoms with Crippen molar-refractivity contribution in [3.63, 3.8) is 0 Å². The van der Waals surface area contributed by atoms with Crippen molar-refractivity contribution in [1.82, 2.24) is 19.8 Å². The fourth-order valence-corrected chi connectivity index (χ4v) is 5.14. The molecule has 2 atom stereocenters. The van der Waals surface area contributed by atoms with Crippen molar-refractivity contribution in [2.24, 2.45) is 17.3 Å². The lowest BCUT2D eigenvalue weighted by Gasteiger charge is -2.41. The van der Waals surface area contributed by atoms with E-state index in [2.05, 4.69) is 33.6 Å². The van der Waals surface area contributed by atoms with Gasteiger partial charge in [-0.3, -0.25) is 19.4 Å². The van der Waals surface area contributed by atoms with Crippen LogP contribution in [0.1, 0.15) is 39.5 Å². The Morgan fingerprint density at radius 3 is 2.00 bits per heavy atom. The Hall–Kier alpha value is -1.44. The fraction of sp³-hybridized carbons (Fsp3) is 0.714. The molecule has 7 nitrogen and oxygen atoms in total. The van der Waals surface area contributed by atoms with Crippen LogP contribution in [0.3, 0.4) is 0 Å². The molecule has 168 valence electrons. The van der Waals surface area contributed by atoms with Crippen LogP contribution < -0.4 is 4.90 Å². The van der Waals surface area contributed by atoms with Gasteiger partial charge in [0, 0.05) is 57.0 Å². The van der Waals surface area contributed by atoms with E-state index in [0.717, 1.165) is 64.4 Å². The Kier molecular flexibility index (Phi) is 8.48. The van der Waals surface area contributed by atoms with Crippen LogP contribution in [-0.2, 0) is 9.59 Å². The molecule has 0 spiro atoms. The highest BCUT2D eigenvalue weighted by atomic mass is 35.5. The van der Waals surface area contributed by atoms with Gasteiger partial charge in [-0.15, -0.1) is 24.8 Å². The number of aromatic nitrogens is 2. The van der Waals surface area contributed by atoms with Crippen molar-refractivity contribution in [1.29, 1.82) is 0 Å². The predicted octanol–water partition coefficient (Wildman–Crippen LogP) is 2.64. The molecule has 1 aliphatic carbocycles. The zero-order valence-electron chi connectivity index (χ0n) is 17.8. The van der Waals surface area contributed by atoms with E-state index in [0.29, 0.717) is 6.54 Å². The summed E-state index contributed by atoms with van der Waals surface area (Å²) in [7, 11) is 0. The molecular weight excluding hydrogens is 425 g/mol. The molecule has 1 saturated carbocycles. The van der Waals surface area contributed by atoms with Crippen LogP contribution in [0.5, 0.6) is 0 Å². The number of piperidine rings is 1. The highest BCUT2D eigenvalue weighted by Crippen LogP contribution is 2.52. The molecule has 4 rings (SSSR count). The third kappa shape index (κ3) is 4.73. The number of nitrogens with zero attached hydrogens (tertiary/aromatic N) is 5. The van der Waals surface area contributed by atoms with Crippen molar-refractivity contribution in [3.8, 4) is 0 Å². The largest absolute Gasteiger partial charge is 0.338 e. The summed E-state index contributed by atoms with van der Waals surface area (Å²) < 4.78 is 0. The van der Waals surface area contributed by atoms with Gasteiger partial charge in [-0.25, -0.2) is 9.97 Å². The number of amides is 2. The van der Waals surface area contributed by atoms with Crippen LogP contribution in [0.4, 0.5) is 5.95 Å².